The number of carbonyl (C=O) groups is 1. The van der Waals surface area contributed by atoms with Gasteiger partial charge in [-0.2, -0.15) is 0 Å². The zero-order valence-electron chi connectivity index (χ0n) is 9.90. The molecule has 0 aliphatic carbocycles. The fourth-order valence-corrected chi connectivity index (χ4v) is 3.77. The fourth-order valence-electron chi connectivity index (χ4n) is 1.48. The minimum atomic E-state index is 0.0145. The molecule has 18 heavy (non-hydrogen) atoms. The molecule has 0 bridgehead atoms. The molecule has 6 heteroatoms. The molecule has 0 radical (unpaired) electrons. The topological polar surface area (TPSA) is 41.5 Å². The first-order valence-corrected chi connectivity index (χ1v) is 8.27. The quantitative estimate of drug-likeness (QED) is 0.911. The second-order valence-corrected chi connectivity index (χ2v) is 7.01. The number of benzene rings is 1. The summed E-state index contributed by atoms with van der Waals surface area (Å²) >= 11 is 6.64. The van der Waals surface area contributed by atoms with Gasteiger partial charge in [-0.3, -0.25) is 9.79 Å². The lowest BCUT2D eigenvalue weighted by Gasteiger charge is -2.08. The van der Waals surface area contributed by atoms with E-state index < -0.39 is 0 Å². The summed E-state index contributed by atoms with van der Waals surface area (Å²) < 4.78 is 2.04. The van der Waals surface area contributed by atoms with Crippen LogP contribution in [0.1, 0.15) is 5.56 Å². The van der Waals surface area contributed by atoms with Crippen LogP contribution in [0.25, 0.3) is 0 Å². The smallest absolute Gasteiger partial charge is 0.234 e. The predicted molar refractivity (Wildman–Crippen MR) is 84.7 cm³/mol. The van der Waals surface area contributed by atoms with E-state index in [4.69, 9.17) is 0 Å². The summed E-state index contributed by atoms with van der Waals surface area (Å²) in [5.74, 6) is 1.47. The van der Waals surface area contributed by atoms with Gasteiger partial charge < -0.3 is 5.32 Å². The maximum atomic E-state index is 11.8. The van der Waals surface area contributed by atoms with E-state index >= 15 is 0 Å². The normalized spacial score (nSPS) is 14.4. The third kappa shape index (κ3) is 4.03. The van der Waals surface area contributed by atoms with Crippen molar-refractivity contribution in [3.05, 3.63) is 28.2 Å². The number of nitrogens with zero attached hydrogens (tertiary/aromatic N) is 1. The number of anilines is 1. The Bertz CT molecular complexity index is 491. The Labute approximate surface area is 123 Å². The van der Waals surface area contributed by atoms with Crippen molar-refractivity contribution in [1.82, 2.24) is 0 Å². The molecular formula is C12H13BrN2OS2. The van der Waals surface area contributed by atoms with Crippen molar-refractivity contribution in [3.8, 4) is 0 Å². The van der Waals surface area contributed by atoms with Crippen LogP contribution >= 0.6 is 39.5 Å². The molecule has 0 aromatic heterocycles. The summed E-state index contributed by atoms with van der Waals surface area (Å²) in [6.45, 7) is 2.85. The summed E-state index contributed by atoms with van der Waals surface area (Å²) in [5, 5.41) is 2.92. The second-order valence-electron chi connectivity index (χ2n) is 3.79. The SMILES string of the molecule is Cc1cc(Br)ccc1NC(=O)CSC1=NCCS1. The van der Waals surface area contributed by atoms with Crippen LogP contribution in [0.3, 0.4) is 0 Å². The van der Waals surface area contributed by atoms with E-state index in [9.17, 15) is 4.79 Å². The van der Waals surface area contributed by atoms with Gasteiger partial charge in [-0.25, -0.2) is 0 Å². The molecule has 1 heterocycles. The summed E-state index contributed by atoms with van der Waals surface area (Å²) in [6, 6.07) is 5.82. The van der Waals surface area contributed by atoms with Crippen molar-refractivity contribution in [2.45, 2.75) is 6.92 Å². The highest BCUT2D eigenvalue weighted by atomic mass is 79.9. The van der Waals surface area contributed by atoms with Gasteiger partial charge in [-0.15, -0.1) is 0 Å². The van der Waals surface area contributed by atoms with Gasteiger partial charge in [0.1, 0.15) is 4.38 Å². The Morgan fingerprint density at radius 2 is 2.44 bits per heavy atom. The number of hydrogen-bond acceptors (Lipinski definition) is 4. The molecule has 1 aliphatic rings. The standard InChI is InChI=1S/C12H13BrN2OS2/c1-8-6-9(13)2-3-10(8)15-11(16)7-18-12-14-4-5-17-12/h2-3,6H,4-5,7H2,1H3,(H,15,16). The molecule has 0 atom stereocenters. The Balaban J connectivity index is 1.86. The summed E-state index contributed by atoms with van der Waals surface area (Å²) in [6.07, 6.45) is 0. The minimum absolute atomic E-state index is 0.0145. The molecule has 1 aliphatic heterocycles. The molecule has 0 unspecified atom stereocenters. The molecule has 0 spiro atoms. The van der Waals surface area contributed by atoms with E-state index in [0.29, 0.717) is 5.75 Å². The van der Waals surface area contributed by atoms with Gasteiger partial charge in [0.05, 0.1) is 12.3 Å². The summed E-state index contributed by atoms with van der Waals surface area (Å²) in [4.78, 5) is 16.1. The average molecular weight is 345 g/mol. The molecule has 96 valence electrons. The number of amides is 1. The average Bonchev–Trinajstić information content (AvgIpc) is 2.83. The van der Waals surface area contributed by atoms with Crippen molar-refractivity contribution in [3.63, 3.8) is 0 Å². The highest BCUT2D eigenvalue weighted by molar-refractivity contribution is 9.10. The highest BCUT2D eigenvalue weighted by Crippen LogP contribution is 2.23. The lowest BCUT2D eigenvalue weighted by atomic mass is 10.2. The van der Waals surface area contributed by atoms with Crippen LogP contribution in [0, 0.1) is 6.92 Å². The van der Waals surface area contributed by atoms with Gasteiger partial charge in [-0.05, 0) is 30.7 Å². The van der Waals surface area contributed by atoms with E-state index in [2.05, 4.69) is 26.2 Å². The number of aliphatic imine (C=N–C) groups is 1. The molecule has 1 amide bonds. The summed E-state index contributed by atoms with van der Waals surface area (Å²) in [5.41, 5.74) is 1.92. The van der Waals surface area contributed by atoms with Crippen LogP contribution in [0.5, 0.6) is 0 Å². The maximum absolute atomic E-state index is 11.8. The Morgan fingerprint density at radius 1 is 1.61 bits per heavy atom. The molecule has 1 aromatic rings. The molecule has 0 fully saturated rings. The molecule has 2 rings (SSSR count). The molecule has 1 N–H and O–H groups in total. The number of rotatable bonds is 3. The lowest BCUT2D eigenvalue weighted by molar-refractivity contribution is -0.113. The van der Waals surface area contributed by atoms with Crippen LogP contribution in [-0.4, -0.2) is 28.3 Å². The molecule has 0 saturated heterocycles. The monoisotopic (exact) mass is 344 g/mol. The number of halogens is 1. The van der Waals surface area contributed by atoms with Crippen LogP contribution in [0.15, 0.2) is 27.7 Å². The van der Waals surface area contributed by atoms with Gasteiger partial charge in [0.2, 0.25) is 5.91 Å². The molecule has 3 nitrogen and oxygen atoms in total. The van der Waals surface area contributed by atoms with Gasteiger partial charge in [0.25, 0.3) is 0 Å². The first kappa shape index (κ1) is 14.0. The third-order valence-corrected chi connectivity index (χ3v) is 5.09. The zero-order valence-corrected chi connectivity index (χ0v) is 13.1. The first-order valence-electron chi connectivity index (χ1n) is 5.51. The zero-order chi connectivity index (χ0) is 13.0. The number of aryl methyl sites for hydroxylation is 1. The van der Waals surface area contributed by atoms with Gasteiger partial charge in [0.15, 0.2) is 0 Å². The third-order valence-electron chi connectivity index (χ3n) is 2.35. The van der Waals surface area contributed by atoms with E-state index in [1.165, 1.54) is 11.8 Å². The van der Waals surface area contributed by atoms with Crippen LogP contribution in [0.4, 0.5) is 5.69 Å². The molecule has 0 saturated carbocycles. The number of hydrogen-bond donors (Lipinski definition) is 1. The molecular weight excluding hydrogens is 332 g/mol. The Morgan fingerprint density at radius 3 is 3.11 bits per heavy atom. The number of nitrogens with one attached hydrogen (secondary N) is 1. The van der Waals surface area contributed by atoms with E-state index in [1.54, 1.807) is 11.8 Å². The largest absolute Gasteiger partial charge is 0.325 e. The van der Waals surface area contributed by atoms with Crippen molar-refractivity contribution in [1.29, 1.82) is 0 Å². The van der Waals surface area contributed by atoms with Crippen LogP contribution < -0.4 is 5.32 Å². The lowest BCUT2D eigenvalue weighted by Crippen LogP contribution is -2.15. The van der Waals surface area contributed by atoms with Gasteiger partial charge in [0, 0.05) is 15.9 Å². The Hall–Kier alpha value is -0.460. The minimum Gasteiger partial charge on any atom is -0.325 e. The Kier molecular flexibility index (Phi) is 5.14. The fraction of sp³-hybridized carbons (Fsp3) is 0.333. The molecule has 1 aromatic carbocycles. The number of carbonyl (C=O) groups excluding carboxylic acids is 1. The van der Waals surface area contributed by atoms with Gasteiger partial charge in [-0.1, -0.05) is 39.5 Å². The summed E-state index contributed by atoms with van der Waals surface area (Å²) in [7, 11) is 0. The van der Waals surface area contributed by atoms with E-state index in [0.717, 1.165) is 32.4 Å². The van der Waals surface area contributed by atoms with Crippen LogP contribution in [0.2, 0.25) is 0 Å². The van der Waals surface area contributed by atoms with Crippen molar-refractivity contribution >= 4 is 55.4 Å². The van der Waals surface area contributed by atoms with Crippen molar-refractivity contribution in [2.24, 2.45) is 4.99 Å². The van der Waals surface area contributed by atoms with E-state index in [-0.39, 0.29) is 5.91 Å². The highest BCUT2D eigenvalue weighted by Gasteiger charge is 2.11. The predicted octanol–water partition coefficient (Wildman–Crippen LogP) is 3.53. The van der Waals surface area contributed by atoms with E-state index in [1.807, 2.05) is 25.1 Å². The second kappa shape index (κ2) is 6.63. The van der Waals surface area contributed by atoms with Gasteiger partial charge >= 0.3 is 0 Å². The first-order chi connectivity index (χ1) is 8.65. The number of thioether (sulfide) groups is 2. The van der Waals surface area contributed by atoms with Crippen molar-refractivity contribution < 1.29 is 4.79 Å². The van der Waals surface area contributed by atoms with Crippen LogP contribution in [-0.2, 0) is 4.79 Å². The maximum Gasteiger partial charge on any atom is 0.234 e. The van der Waals surface area contributed by atoms with Crippen molar-refractivity contribution in [2.75, 3.05) is 23.4 Å².